The summed E-state index contributed by atoms with van der Waals surface area (Å²) >= 11 is 0. The van der Waals surface area contributed by atoms with Gasteiger partial charge in [0.1, 0.15) is 17.9 Å². The Balaban J connectivity index is 2.08. The molecule has 1 aromatic carbocycles. The van der Waals surface area contributed by atoms with Crippen molar-refractivity contribution in [3.63, 3.8) is 0 Å². The zero-order chi connectivity index (χ0) is 19.9. The number of hydrogen-bond acceptors (Lipinski definition) is 6. The van der Waals surface area contributed by atoms with Gasteiger partial charge in [0.15, 0.2) is 12.5 Å². The molecule has 1 N–H and O–H groups in total. The molecular weight excluding hydrogens is 352 g/mol. The molecule has 0 saturated heterocycles. The van der Waals surface area contributed by atoms with Gasteiger partial charge in [-0.05, 0) is 26.3 Å². The summed E-state index contributed by atoms with van der Waals surface area (Å²) in [6.45, 7) is 5.33. The van der Waals surface area contributed by atoms with Gasteiger partial charge in [-0.25, -0.2) is 9.59 Å². The number of hydrogen-bond donors (Lipinski definition) is 1. The molecule has 0 unspecified atom stereocenters. The van der Waals surface area contributed by atoms with Crippen LogP contribution in [0.15, 0.2) is 42.7 Å². The molecule has 1 aromatic heterocycles. The molecule has 8 heteroatoms. The van der Waals surface area contributed by atoms with Gasteiger partial charge in [0.2, 0.25) is 0 Å². The van der Waals surface area contributed by atoms with E-state index in [1.165, 1.54) is 24.1 Å². The molecule has 27 heavy (non-hydrogen) atoms. The Bertz CT molecular complexity index is 764. The summed E-state index contributed by atoms with van der Waals surface area (Å²) in [5.74, 6) is 0.249. The van der Waals surface area contributed by atoms with E-state index in [0.717, 1.165) is 5.56 Å². The molecular formula is C19H24N2O6. The maximum Gasteiger partial charge on any atom is 0.418 e. The summed E-state index contributed by atoms with van der Waals surface area (Å²) in [4.78, 5) is 24.3. The predicted molar refractivity (Wildman–Crippen MR) is 98.8 cm³/mol. The highest BCUT2D eigenvalue weighted by Crippen LogP contribution is 2.27. The maximum absolute atomic E-state index is 12.3. The third-order valence-corrected chi connectivity index (χ3v) is 3.17. The van der Waals surface area contributed by atoms with Gasteiger partial charge in [0.05, 0.1) is 6.20 Å². The van der Waals surface area contributed by atoms with Crippen molar-refractivity contribution in [2.24, 2.45) is 0 Å². The van der Waals surface area contributed by atoms with E-state index in [0.29, 0.717) is 0 Å². The molecule has 8 nitrogen and oxygen atoms in total. The molecule has 0 bridgehead atoms. The minimum absolute atomic E-state index is 0.0495. The van der Waals surface area contributed by atoms with E-state index in [1.54, 1.807) is 20.8 Å². The number of nitrogens with one attached hydrogen (secondary N) is 1. The zero-order valence-electron chi connectivity index (χ0n) is 15.9. The highest BCUT2D eigenvalue weighted by atomic mass is 16.7. The van der Waals surface area contributed by atoms with Crippen LogP contribution in [0, 0.1) is 0 Å². The first-order valence-corrected chi connectivity index (χ1v) is 8.33. The second-order valence-electron chi connectivity index (χ2n) is 6.66. The number of benzene rings is 1. The number of nitrogens with zero attached hydrogens (tertiary/aromatic N) is 1. The molecule has 0 saturated carbocycles. The number of ether oxygens (including phenoxy) is 4. The van der Waals surface area contributed by atoms with Gasteiger partial charge in [-0.15, -0.1) is 0 Å². The van der Waals surface area contributed by atoms with Crippen LogP contribution in [-0.4, -0.2) is 36.3 Å². The Labute approximate surface area is 158 Å². The van der Waals surface area contributed by atoms with E-state index in [9.17, 15) is 9.59 Å². The van der Waals surface area contributed by atoms with Crippen molar-refractivity contribution in [2.45, 2.75) is 33.0 Å². The number of rotatable bonds is 6. The molecule has 2 aromatic rings. The van der Waals surface area contributed by atoms with Gasteiger partial charge >= 0.3 is 12.2 Å². The van der Waals surface area contributed by atoms with Crippen LogP contribution in [0.3, 0.4) is 0 Å². The molecule has 0 aliphatic heterocycles. The topological polar surface area (TPSA) is 88.0 Å². The Morgan fingerprint density at radius 2 is 1.81 bits per heavy atom. The number of amides is 1. The minimum Gasteiger partial charge on any atom is -0.464 e. The molecule has 1 amide bonds. The highest BCUT2D eigenvalue weighted by molar-refractivity contribution is 5.88. The molecule has 0 fully saturated rings. The van der Waals surface area contributed by atoms with E-state index in [2.05, 4.69) is 5.32 Å². The number of anilines is 1. The van der Waals surface area contributed by atoms with Crippen molar-refractivity contribution in [3.8, 4) is 5.75 Å². The first-order valence-electron chi connectivity index (χ1n) is 8.33. The number of carbonyl (C=O) groups is 2. The molecule has 146 valence electrons. The number of methoxy groups -OCH3 is 1. The molecule has 0 spiro atoms. The Morgan fingerprint density at radius 1 is 1.11 bits per heavy atom. The lowest BCUT2D eigenvalue weighted by atomic mass is 10.2. The lowest BCUT2D eigenvalue weighted by Crippen LogP contribution is -2.27. The lowest BCUT2D eigenvalue weighted by Gasteiger charge is -2.19. The minimum atomic E-state index is -0.667. The molecule has 0 radical (unpaired) electrons. The van der Waals surface area contributed by atoms with E-state index in [-0.39, 0.29) is 24.8 Å². The van der Waals surface area contributed by atoms with Crippen molar-refractivity contribution >= 4 is 17.9 Å². The predicted octanol–water partition coefficient (Wildman–Crippen LogP) is 4.00. The molecule has 0 atom stereocenters. The fourth-order valence-electron chi connectivity index (χ4n) is 2.08. The maximum atomic E-state index is 12.3. The van der Waals surface area contributed by atoms with Gasteiger partial charge in [0, 0.05) is 13.3 Å². The fraction of sp³-hybridized carbons (Fsp3) is 0.368. The largest absolute Gasteiger partial charge is 0.464 e. The quantitative estimate of drug-likeness (QED) is 0.767. The Morgan fingerprint density at radius 3 is 2.44 bits per heavy atom. The third kappa shape index (κ3) is 6.67. The lowest BCUT2D eigenvalue weighted by molar-refractivity contribution is 0.0508. The van der Waals surface area contributed by atoms with Crippen LogP contribution >= 0.6 is 0 Å². The van der Waals surface area contributed by atoms with Crippen molar-refractivity contribution in [1.82, 2.24) is 4.57 Å². The zero-order valence-corrected chi connectivity index (χ0v) is 15.9. The average Bonchev–Trinajstić information content (AvgIpc) is 2.99. The standard InChI is InChI=1S/C19H24N2O6/c1-19(2,3)27-17(22)20-15-10-21(11-16(15)26-13-24-4)18(23)25-12-14-8-6-5-7-9-14/h5-11H,12-13H2,1-4H3,(H,20,22). The van der Waals surface area contributed by atoms with Crippen molar-refractivity contribution in [3.05, 3.63) is 48.3 Å². The third-order valence-electron chi connectivity index (χ3n) is 3.17. The summed E-state index contributed by atoms with van der Waals surface area (Å²) in [6, 6.07) is 9.30. The summed E-state index contributed by atoms with van der Waals surface area (Å²) in [5.41, 5.74) is 0.466. The van der Waals surface area contributed by atoms with E-state index in [1.807, 2.05) is 30.3 Å². The second kappa shape index (κ2) is 9.09. The van der Waals surface area contributed by atoms with Crippen molar-refractivity contribution in [2.75, 3.05) is 19.2 Å². The second-order valence-corrected chi connectivity index (χ2v) is 6.66. The average molecular weight is 376 g/mol. The highest BCUT2D eigenvalue weighted by Gasteiger charge is 2.20. The van der Waals surface area contributed by atoms with Crippen LogP contribution in [-0.2, 0) is 20.8 Å². The summed E-state index contributed by atoms with van der Waals surface area (Å²) in [6.07, 6.45) is 1.51. The van der Waals surface area contributed by atoms with E-state index >= 15 is 0 Å². The number of carbonyl (C=O) groups excluding carboxylic acids is 2. The van der Waals surface area contributed by atoms with Gasteiger partial charge < -0.3 is 18.9 Å². The van der Waals surface area contributed by atoms with Crippen molar-refractivity contribution < 1.29 is 28.5 Å². The summed E-state index contributed by atoms with van der Waals surface area (Å²) in [7, 11) is 1.46. The normalized spacial score (nSPS) is 11.0. The van der Waals surface area contributed by atoms with Gasteiger partial charge in [0.25, 0.3) is 0 Å². The van der Waals surface area contributed by atoms with Crippen LogP contribution < -0.4 is 10.1 Å². The summed E-state index contributed by atoms with van der Waals surface area (Å²) < 4.78 is 21.9. The monoisotopic (exact) mass is 376 g/mol. The van der Waals surface area contributed by atoms with Crippen LogP contribution in [0.25, 0.3) is 0 Å². The van der Waals surface area contributed by atoms with E-state index < -0.39 is 17.8 Å². The molecule has 0 aliphatic rings. The first-order chi connectivity index (χ1) is 12.8. The first kappa shape index (κ1) is 20.3. The van der Waals surface area contributed by atoms with Crippen molar-refractivity contribution in [1.29, 1.82) is 0 Å². The Hall–Kier alpha value is -3.00. The molecule has 0 aliphatic carbocycles. The van der Waals surface area contributed by atoms with Crippen LogP contribution in [0.1, 0.15) is 26.3 Å². The Kier molecular flexibility index (Phi) is 6.84. The van der Waals surface area contributed by atoms with Crippen LogP contribution in [0.5, 0.6) is 5.75 Å². The molecule has 2 rings (SSSR count). The fourth-order valence-corrected chi connectivity index (χ4v) is 2.08. The van der Waals surface area contributed by atoms with Crippen LogP contribution in [0.2, 0.25) is 0 Å². The van der Waals surface area contributed by atoms with E-state index in [4.69, 9.17) is 18.9 Å². The van der Waals surface area contributed by atoms with Gasteiger partial charge in [-0.3, -0.25) is 9.88 Å². The van der Waals surface area contributed by atoms with Gasteiger partial charge in [-0.1, -0.05) is 30.3 Å². The number of aromatic nitrogens is 1. The SMILES string of the molecule is COCOc1cn(C(=O)OCc2ccccc2)cc1NC(=O)OC(C)(C)C. The smallest absolute Gasteiger partial charge is 0.418 e. The van der Waals surface area contributed by atoms with Crippen LogP contribution in [0.4, 0.5) is 15.3 Å². The van der Waals surface area contributed by atoms with Gasteiger partial charge in [-0.2, -0.15) is 0 Å². The molecule has 1 heterocycles. The summed E-state index contributed by atoms with van der Waals surface area (Å²) in [5, 5.41) is 2.55.